The van der Waals surface area contributed by atoms with E-state index in [9.17, 15) is 13.6 Å². The normalized spacial score (nSPS) is 18.3. The Hall–Kier alpha value is -2.32. The minimum Gasteiger partial charge on any atom is -0.339 e. The van der Waals surface area contributed by atoms with Crippen LogP contribution < -0.4 is 0 Å². The summed E-state index contributed by atoms with van der Waals surface area (Å²) in [7, 11) is 0. The van der Waals surface area contributed by atoms with E-state index in [0.29, 0.717) is 24.7 Å². The Morgan fingerprint density at radius 1 is 1.48 bits per heavy atom. The number of nitrogens with one attached hydrogen (secondary N) is 1. The minimum absolute atomic E-state index is 0.0280. The Morgan fingerprint density at radius 2 is 2.26 bits per heavy atom. The van der Waals surface area contributed by atoms with Gasteiger partial charge < -0.3 is 9.42 Å². The first-order chi connectivity index (χ1) is 11.0. The van der Waals surface area contributed by atoms with Gasteiger partial charge in [-0.1, -0.05) is 19.0 Å². The summed E-state index contributed by atoms with van der Waals surface area (Å²) in [5.74, 6) is 0.650. The van der Waals surface area contributed by atoms with E-state index in [1.807, 2.05) is 13.8 Å². The molecule has 1 aliphatic rings. The van der Waals surface area contributed by atoms with Crippen LogP contribution in [0.2, 0.25) is 0 Å². The standard InChI is InChI=1S/C14H17F2N5O2/c1-7(2)13-17-12(20-23-13)10-4-3-5-21(10)14(22)9-6-8(11(15)16)18-19-9/h6-7,10-11H,3-5H2,1-2H3,(H,18,19)/t10-/m0/s1. The second kappa shape index (κ2) is 6.05. The zero-order chi connectivity index (χ0) is 16.6. The van der Waals surface area contributed by atoms with Crippen molar-refractivity contribution in [2.24, 2.45) is 0 Å². The third-order valence-corrected chi connectivity index (χ3v) is 3.81. The van der Waals surface area contributed by atoms with Crippen molar-refractivity contribution >= 4 is 5.91 Å². The molecular formula is C14H17F2N5O2. The molecule has 23 heavy (non-hydrogen) atoms. The SMILES string of the molecule is CC(C)c1nc([C@@H]2CCCN2C(=O)c2cc(C(F)F)[nH]n2)no1. The quantitative estimate of drug-likeness (QED) is 0.934. The molecule has 0 aliphatic carbocycles. The molecule has 0 spiro atoms. The fourth-order valence-corrected chi connectivity index (χ4v) is 2.60. The summed E-state index contributed by atoms with van der Waals surface area (Å²) in [4.78, 5) is 18.4. The van der Waals surface area contributed by atoms with E-state index in [1.54, 1.807) is 4.90 Å². The van der Waals surface area contributed by atoms with Crippen molar-refractivity contribution < 1.29 is 18.1 Å². The monoisotopic (exact) mass is 325 g/mol. The molecule has 1 atom stereocenters. The lowest BCUT2D eigenvalue weighted by molar-refractivity contribution is 0.0722. The lowest BCUT2D eigenvalue weighted by atomic mass is 10.2. The molecule has 9 heteroatoms. The summed E-state index contributed by atoms with van der Waals surface area (Å²) in [6.45, 7) is 4.38. The van der Waals surface area contributed by atoms with Crippen molar-refractivity contribution in [1.82, 2.24) is 25.2 Å². The number of hydrogen-bond acceptors (Lipinski definition) is 5. The predicted octanol–water partition coefficient (Wildman–Crippen LogP) is 2.83. The zero-order valence-electron chi connectivity index (χ0n) is 12.8. The average molecular weight is 325 g/mol. The van der Waals surface area contributed by atoms with Gasteiger partial charge in [-0.15, -0.1) is 0 Å². The average Bonchev–Trinajstić information content (AvgIpc) is 3.24. The van der Waals surface area contributed by atoms with Crippen LogP contribution in [0.1, 0.15) is 73.0 Å². The molecule has 3 rings (SSSR count). The Balaban J connectivity index is 1.81. The molecule has 0 aromatic carbocycles. The third-order valence-electron chi connectivity index (χ3n) is 3.81. The molecule has 0 bridgehead atoms. The number of carbonyl (C=O) groups excluding carboxylic acids is 1. The van der Waals surface area contributed by atoms with Crippen LogP contribution in [0.15, 0.2) is 10.6 Å². The third kappa shape index (κ3) is 2.95. The van der Waals surface area contributed by atoms with E-state index >= 15 is 0 Å². The number of H-pyrrole nitrogens is 1. The van der Waals surface area contributed by atoms with Gasteiger partial charge in [0.15, 0.2) is 11.5 Å². The van der Waals surface area contributed by atoms with E-state index in [-0.39, 0.29) is 23.3 Å². The van der Waals surface area contributed by atoms with Crippen molar-refractivity contribution in [3.63, 3.8) is 0 Å². The van der Waals surface area contributed by atoms with Crippen molar-refractivity contribution in [2.75, 3.05) is 6.54 Å². The van der Waals surface area contributed by atoms with Crippen LogP contribution >= 0.6 is 0 Å². The topological polar surface area (TPSA) is 87.9 Å². The molecule has 0 saturated carbocycles. The number of halogens is 2. The maximum Gasteiger partial charge on any atom is 0.279 e. The maximum absolute atomic E-state index is 12.6. The molecule has 1 aliphatic heterocycles. The number of alkyl halides is 2. The number of carbonyl (C=O) groups is 1. The first kappa shape index (κ1) is 15.6. The summed E-state index contributed by atoms with van der Waals surface area (Å²) < 4.78 is 30.4. The number of amides is 1. The Kier molecular flexibility index (Phi) is 4.10. The van der Waals surface area contributed by atoms with Gasteiger partial charge in [0.1, 0.15) is 5.69 Å². The molecule has 2 aromatic rings. The van der Waals surface area contributed by atoms with E-state index in [1.165, 1.54) is 0 Å². The van der Waals surface area contributed by atoms with Crippen LogP contribution in [0.5, 0.6) is 0 Å². The summed E-state index contributed by atoms with van der Waals surface area (Å²) >= 11 is 0. The minimum atomic E-state index is -2.69. The summed E-state index contributed by atoms with van der Waals surface area (Å²) in [6.07, 6.45) is -1.20. The van der Waals surface area contributed by atoms with Crippen molar-refractivity contribution in [3.8, 4) is 0 Å². The van der Waals surface area contributed by atoms with Crippen LogP contribution in [0.25, 0.3) is 0 Å². The maximum atomic E-state index is 12.6. The van der Waals surface area contributed by atoms with Crippen LogP contribution in [0.4, 0.5) is 8.78 Å². The summed E-state index contributed by atoms with van der Waals surface area (Å²) in [5.41, 5.74) is -0.398. The Labute approximate surface area is 131 Å². The summed E-state index contributed by atoms with van der Waals surface area (Å²) in [5, 5.41) is 9.82. The van der Waals surface area contributed by atoms with Crippen molar-refractivity contribution in [2.45, 2.75) is 45.1 Å². The molecule has 1 saturated heterocycles. The van der Waals surface area contributed by atoms with Gasteiger partial charge in [0.05, 0.1) is 6.04 Å². The van der Waals surface area contributed by atoms with Gasteiger partial charge in [-0.2, -0.15) is 10.1 Å². The number of aromatic amines is 1. The van der Waals surface area contributed by atoms with Gasteiger partial charge in [0, 0.05) is 12.5 Å². The second-order valence-electron chi connectivity index (χ2n) is 5.81. The lowest BCUT2D eigenvalue weighted by Gasteiger charge is -2.20. The highest BCUT2D eigenvalue weighted by molar-refractivity contribution is 5.92. The van der Waals surface area contributed by atoms with Gasteiger partial charge in [0.2, 0.25) is 5.89 Å². The highest BCUT2D eigenvalue weighted by Crippen LogP contribution is 2.32. The van der Waals surface area contributed by atoms with Gasteiger partial charge in [-0.25, -0.2) is 8.78 Å². The van der Waals surface area contributed by atoms with E-state index in [2.05, 4.69) is 20.3 Å². The molecule has 7 nitrogen and oxygen atoms in total. The first-order valence-corrected chi connectivity index (χ1v) is 7.45. The molecule has 1 fully saturated rings. The Bertz CT molecular complexity index is 697. The van der Waals surface area contributed by atoms with Crippen molar-refractivity contribution in [3.05, 3.63) is 29.2 Å². The molecule has 3 heterocycles. The van der Waals surface area contributed by atoms with E-state index in [4.69, 9.17) is 4.52 Å². The van der Waals surface area contributed by atoms with Crippen LogP contribution in [-0.4, -0.2) is 37.7 Å². The molecule has 0 radical (unpaired) electrons. The largest absolute Gasteiger partial charge is 0.339 e. The molecule has 1 N–H and O–H groups in total. The van der Waals surface area contributed by atoms with Crippen LogP contribution in [-0.2, 0) is 0 Å². The predicted molar refractivity (Wildman–Crippen MR) is 74.9 cm³/mol. The summed E-state index contributed by atoms with van der Waals surface area (Å²) in [6, 6.07) is 0.767. The molecule has 0 unspecified atom stereocenters. The zero-order valence-corrected chi connectivity index (χ0v) is 12.8. The second-order valence-corrected chi connectivity index (χ2v) is 5.81. The highest BCUT2D eigenvalue weighted by Gasteiger charge is 2.35. The highest BCUT2D eigenvalue weighted by atomic mass is 19.3. The van der Waals surface area contributed by atoms with Crippen molar-refractivity contribution in [1.29, 1.82) is 0 Å². The number of likely N-dealkylation sites (tertiary alicyclic amines) is 1. The van der Waals surface area contributed by atoms with Gasteiger partial charge in [-0.05, 0) is 18.9 Å². The van der Waals surface area contributed by atoms with E-state index < -0.39 is 12.3 Å². The Morgan fingerprint density at radius 3 is 2.87 bits per heavy atom. The fraction of sp³-hybridized carbons (Fsp3) is 0.571. The number of aromatic nitrogens is 4. The van der Waals surface area contributed by atoms with E-state index in [0.717, 1.165) is 12.5 Å². The van der Waals surface area contributed by atoms with Gasteiger partial charge in [-0.3, -0.25) is 9.89 Å². The fourth-order valence-electron chi connectivity index (χ4n) is 2.60. The number of rotatable bonds is 4. The molecular weight excluding hydrogens is 308 g/mol. The van der Waals surface area contributed by atoms with Crippen LogP contribution in [0.3, 0.4) is 0 Å². The molecule has 2 aromatic heterocycles. The van der Waals surface area contributed by atoms with Crippen LogP contribution in [0, 0.1) is 0 Å². The first-order valence-electron chi connectivity index (χ1n) is 7.45. The van der Waals surface area contributed by atoms with Gasteiger partial charge in [0.25, 0.3) is 12.3 Å². The number of nitrogens with zero attached hydrogens (tertiary/aromatic N) is 4. The number of hydrogen-bond donors (Lipinski definition) is 1. The molecule has 124 valence electrons. The lowest BCUT2D eigenvalue weighted by Crippen LogP contribution is -2.31. The smallest absolute Gasteiger partial charge is 0.279 e. The van der Waals surface area contributed by atoms with Gasteiger partial charge >= 0.3 is 0 Å². The molecule has 1 amide bonds.